The molecule has 3 rings (SSSR count). The summed E-state index contributed by atoms with van der Waals surface area (Å²) >= 11 is 0. The first-order valence-electron chi connectivity index (χ1n) is 8.51. The molecule has 27 heavy (non-hydrogen) atoms. The van der Waals surface area contributed by atoms with Crippen molar-refractivity contribution >= 4 is 5.91 Å². The van der Waals surface area contributed by atoms with E-state index in [1.807, 2.05) is 38.2 Å². The van der Waals surface area contributed by atoms with E-state index in [0.29, 0.717) is 18.0 Å². The van der Waals surface area contributed by atoms with E-state index < -0.39 is 0 Å². The molecule has 0 radical (unpaired) electrons. The smallest absolute Gasteiger partial charge is 0.274 e. The maximum atomic E-state index is 12.6. The molecule has 0 spiro atoms. The van der Waals surface area contributed by atoms with E-state index >= 15 is 0 Å². The molecule has 2 aromatic heterocycles. The molecule has 0 N–H and O–H groups in total. The minimum absolute atomic E-state index is 0.151. The Bertz CT molecular complexity index is 914. The zero-order valence-electron chi connectivity index (χ0n) is 15.9. The molecular weight excluding hydrogens is 346 g/mol. The molecule has 0 unspecified atom stereocenters. The fourth-order valence-corrected chi connectivity index (χ4v) is 2.58. The highest BCUT2D eigenvalue weighted by atomic mass is 16.5. The number of methoxy groups -OCH3 is 1. The van der Waals surface area contributed by atoms with Crippen molar-refractivity contribution in [2.24, 2.45) is 7.05 Å². The topological polar surface area (TPSA) is 74.4 Å². The van der Waals surface area contributed by atoms with Crippen molar-refractivity contribution in [1.29, 1.82) is 0 Å². The van der Waals surface area contributed by atoms with Crippen molar-refractivity contribution in [2.75, 3.05) is 14.2 Å². The number of hydrogen-bond donors (Lipinski definition) is 0. The van der Waals surface area contributed by atoms with Gasteiger partial charge >= 0.3 is 0 Å². The Hall–Kier alpha value is -3.29. The first-order valence-corrected chi connectivity index (χ1v) is 8.51. The number of ether oxygens (including phenoxy) is 2. The molecule has 1 aromatic carbocycles. The summed E-state index contributed by atoms with van der Waals surface area (Å²) in [5.74, 6) is 1.31. The first-order chi connectivity index (χ1) is 13.0. The van der Waals surface area contributed by atoms with Crippen LogP contribution in [-0.4, -0.2) is 44.5 Å². The van der Waals surface area contributed by atoms with Crippen LogP contribution in [0.5, 0.6) is 11.5 Å². The monoisotopic (exact) mass is 369 g/mol. The summed E-state index contributed by atoms with van der Waals surface area (Å²) in [6.07, 6.45) is 3.50. The molecule has 2 heterocycles. The number of aryl methyl sites for hydroxylation is 1. The number of amides is 1. The number of hydrogen-bond acceptors (Lipinski definition) is 5. The Balaban J connectivity index is 1.58. The lowest BCUT2D eigenvalue weighted by atomic mass is 10.2. The molecule has 0 saturated heterocycles. The summed E-state index contributed by atoms with van der Waals surface area (Å²) in [6, 6.07) is 8.97. The molecule has 0 aliphatic rings. The number of nitrogens with zero attached hydrogens (tertiary/aromatic N) is 5. The second-order valence-electron chi connectivity index (χ2n) is 6.23. The average Bonchev–Trinajstić information content (AvgIpc) is 3.28. The highest BCUT2D eigenvalue weighted by molar-refractivity contribution is 5.91. The van der Waals surface area contributed by atoms with Crippen molar-refractivity contribution in [3.05, 3.63) is 59.7 Å². The quantitative estimate of drug-likeness (QED) is 0.639. The molecule has 0 atom stereocenters. The third-order valence-electron chi connectivity index (χ3n) is 4.37. The van der Waals surface area contributed by atoms with Gasteiger partial charge in [0.2, 0.25) is 0 Å². The van der Waals surface area contributed by atoms with E-state index in [0.717, 1.165) is 17.0 Å². The zero-order chi connectivity index (χ0) is 19.4. The van der Waals surface area contributed by atoms with E-state index in [9.17, 15) is 4.79 Å². The van der Waals surface area contributed by atoms with Gasteiger partial charge < -0.3 is 14.4 Å². The Kier molecular flexibility index (Phi) is 5.44. The molecule has 142 valence electrons. The van der Waals surface area contributed by atoms with Gasteiger partial charge in [0.1, 0.15) is 11.5 Å². The maximum absolute atomic E-state index is 12.6. The van der Waals surface area contributed by atoms with Crippen LogP contribution in [0.3, 0.4) is 0 Å². The normalized spacial score (nSPS) is 10.7. The first kappa shape index (κ1) is 18.5. The van der Waals surface area contributed by atoms with Gasteiger partial charge in [0.05, 0.1) is 13.3 Å². The minimum atomic E-state index is -0.151. The maximum Gasteiger partial charge on any atom is 0.274 e. The van der Waals surface area contributed by atoms with E-state index in [1.54, 1.807) is 46.9 Å². The molecule has 1 amide bonds. The van der Waals surface area contributed by atoms with Crippen LogP contribution < -0.4 is 9.47 Å². The van der Waals surface area contributed by atoms with Crippen LogP contribution in [0.15, 0.2) is 42.7 Å². The van der Waals surface area contributed by atoms with Gasteiger partial charge in [-0.05, 0) is 37.3 Å². The number of rotatable bonds is 7. The van der Waals surface area contributed by atoms with E-state index in [-0.39, 0.29) is 12.6 Å². The highest BCUT2D eigenvalue weighted by Gasteiger charge is 2.17. The lowest BCUT2D eigenvalue weighted by molar-refractivity contribution is 0.0777. The molecule has 0 aliphatic heterocycles. The van der Waals surface area contributed by atoms with Gasteiger partial charge in [0.25, 0.3) is 5.91 Å². The van der Waals surface area contributed by atoms with Crippen molar-refractivity contribution in [3.63, 3.8) is 0 Å². The zero-order valence-corrected chi connectivity index (χ0v) is 15.9. The minimum Gasteiger partial charge on any atom is -0.497 e. The summed E-state index contributed by atoms with van der Waals surface area (Å²) < 4.78 is 14.2. The summed E-state index contributed by atoms with van der Waals surface area (Å²) in [4.78, 5) is 14.2. The summed E-state index contributed by atoms with van der Waals surface area (Å²) in [5, 5.41) is 8.51. The van der Waals surface area contributed by atoms with Crippen LogP contribution in [0.4, 0.5) is 0 Å². The van der Waals surface area contributed by atoms with Crippen LogP contribution in [0.1, 0.15) is 21.7 Å². The van der Waals surface area contributed by atoms with Gasteiger partial charge in [-0.15, -0.1) is 0 Å². The van der Waals surface area contributed by atoms with Crippen molar-refractivity contribution in [3.8, 4) is 11.5 Å². The van der Waals surface area contributed by atoms with Gasteiger partial charge in [-0.25, -0.2) is 4.68 Å². The average molecular weight is 369 g/mol. The van der Waals surface area contributed by atoms with Crippen LogP contribution in [-0.2, 0) is 20.3 Å². The SMILES string of the molecule is COc1ccc(OCn2ccc(C(=O)N(C)Cc3cnn(C)c3C)n2)cc1. The van der Waals surface area contributed by atoms with Gasteiger partial charge in [-0.1, -0.05) is 0 Å². The van der Waals surface area contributed by atoms with Crippen molar-refractivity contribution in [1.82, 2.24) is 24.5 Å². The predicted molar refractivity (Wildman–Crippen MR) is 99.6 cm³/mol. The van der Waals surface area contributed by atoms with Gasteiger partial charge in [-0.3, -0.25) is 9.48 Å². The fraction of sp³-hybridized carbons (Fsp3) is 0.316. The summed E-state index contributed by atoms with van der Waals surface area (Å²) in [5.41, 5.74) is 2.42. The van der Waals surface area contributed by atoms with Crippen LogP contribution in [0.2, 0.25) is 0 Å². The third kappa shape index (κ3) is 4.28. The molecule has 0 fully saturated rings. The van der Waals surface area contributed by atoms with E-state index in [1.165, 1.54) is 0 Å². The van der Waals surface area contributed by atoms with Crippen LogP contribution >= 0.6 is 0 Å². The lowest BCUT2D eigenvalue weighted by Crippen LogP contribution is -2.27. The second kappa shape index (κ2) is 7.94. The molecule has 0 bridgehead atoms. The van der Waals surface area contributed by atoms with Gasteiger partial charge in [-0.2, -0.15) is 10.2 Å². The van der Waals surface area contributed by atoms with Crippen molar-refractivity contribution < 1.29 is 14.3 Å². The summed E-state index contributed by atoms with van der Waals surface area (Å²) in [7, 11) is 5.25. The second-order valence-corrected chi connectivity index (χ2v) is 6.23. The molecule has 3 aromatic rings. The Morgan fingerprint density at radius 2 is 1.89 bits per heavy atom. The Morgan fingerprint density at radius 1 is 1.19 bits per heavy atom. The molecule has 0 saturated carbocycles. The van der Waals surface area contributed by atoms with Crippen LogP contribution in [0, 0.1) is 6.92 Å². The fourth-order valence-electron chi connectivity index (χ4n) is 2.58. The lowest BCUT2D eigenvalue weighted by Gasteiger charge is -2.15. The molecule has 8 nitrogen and oxygen atoms in total. The highest BCUT2D eigenvalue weighted by Crippen LogP contribution is 2.17. The Morgan fingerprint density at radius 3 is 2.52 bits per heavy atom. The molecular formula is C19H23N5O3. The van der Waals surface area contributed by atoms with Gasteiger partial charge in [0.15, 0.2) is 12.4 Å². The van der Waals surface area contributed by atoms with Crippen LogP contribution in [0.25, 0.3) is 0 Å². The molecule has 8 heteroatoms. The van der Waals surface area contributed by atoms with Gasteiger partial charge in [0, 0.05) is 38.1 Å². The third-order valence-corrected chi connectivity index (χ3v) is 4.37. The number of carbonyl (C=O) groups is 1. The summed E-state index contributed by atoms with van der Waals surface area (Å²) in [6.45, 7) is 2.67. The number of benzene rings is 1. The molecule has 0 aliphatic carbocycles. The standard InChI is InChI=1S/C19H23N5O3/c1-14-15(11-20-23(14)3)12-22(2)19(25)18-9-10-24(21-18)13-27-17-7-5-16(26-4)6-8-17/h5-11H,12-13H2,1-4H3. The largest absolute Gasteiger partial charge is 0.497 e. The number of aromatic nitrogens is 4. The van der Waals surface area contributed by atoms with E-state index in [2.05, 4.69) is 10.2 Å². The van der Waals surface area contributed by atoms with E-state index in [4.69, 9.17) is 9.47 Å². The number of carbonyl (C=O) groups excluding carboxylic acids is 1. The Labute approximate surface area is 157 Å². The predicted octanol–water partition coefficient (Wildman–Crippen LogP) is 2.24. The van der Waals surface area contributed by atoms with Crippen molar-refractivity contribution in [2.45, 2.75) is 20.2 Å².